The highest BCUT2D eigenvalue weighted by Gasteiger charge is 2.24. The van der Waals surface area contributed by atoms with Gasteiger partial charge in [0.2, 0.25) is 0 Å². The van der Waals surface area contributed by atoms with Gasteiger partial charge >= 0.3 is 0 Å². The number of aromatic nitrogens is 3. The minimum absolute atomic E-state index is 0.193. The van der Waals surface area contributed by atoms with Crippen LogP contribution in [0.2, 0.25) is 0 Å². The lowest BCUT2D eigenvalue weighted by Crippen LogP contribution is -2.25. The van der Waals surface area contributed by atoms with Gasteiger partial charge in [-0.3, -0.25) is 9.78 Å². The number of aromatic amines is 1. The van der Waals surface area contributed by atoms with Gasteiger partial charge in [0.05, 0.1) is 24.1 Å². The topological polar surface area (TPSA) is 83.1 Å². The van der Waals surface area contributed by atoms with Crippen molar-refractivity contribution in [2.24, 2.45) is 0 Å². The Morgan fingerprint density at radius 3 is 2.84 bits per heavy atom. The smallest absolute Gasteiger partial charge is 0.259 e. The quantitative estimate of drug-likeness (QED) is 0.491. The molecule has 0 saturated carbocycles. The molecule has 1 amide bonds. The van der Waals surface area contributed by atoms with E-state index in [1.165, 1.54) is 5.56 Å². The average molecular weight is 434 g/mol. The second-order valence-electron chi connectivity index (χ2n) is 7.98. The molecule has 4 rings (SSSR count). The standard InChI is InChI=1S/C25H31N5O2/c1-3-30(4-2)14-7-15-32-19-11-12-22(28-16-19)29-25(31)20-17-27-21-10-5-8-18-9-6-13-26-24(18)23(20)21/h6,9,11-13,16-17,27H,3-5,7-8,10,14-15H2,1-2H3,(H,28,29,31). The number of anilines is 1. The number of hydrogen-bond acceptors (Lipinski definition) is 5. The monoisotopic (exact) mass is 433 g/mol. The Balaban J connectivity index is 1.39. The number of fused-ring (bicyclic) bond motifs is 3. The van der Waals surface area contributed by atoms with E-state index in [4.69, 9.17) is 4.74 Å². The highest BCUT2D eigenvalue weighted by molar-refractivity contribution is 6.08. The van der Waals surface area contributed by atoms with Gasteiger partial charge in [0.1, 0.15) is 11.6 Å². The Kier molecular flexibility index (Phi) is 7.17. The molecule has 2 N–H and O–H groups in total. The number of hydrogen-bond donors (Lipinski definition) is 2. The van der Waals surface area contributed by atoms with Crippen molar-refractivity contribution in [1.29, 1.82) is 0 Å². The third kappa shape index (κ3) is 4.99. The fraction of sp³-hybridized carbons (Fsp3) is 0.400. The van der Waals surface area contributed by atoms with Gasteiger partial charge in [-0.05, 0) is 62.5 Å². The summed E-state index contributed by atoms with van der Waals surface area (Å²) in [6.07, 6.45) is 9.07. The third-order valence-corrected chi connectivity index (χ3v) is 5.97. The Hall–Kier alpha value is -3.19. The second kappa shape index (κ2) is 10.4. The molecular formula is C25H31N5O2. The largest absolute Gasteiger partial charge is 0.492 e. The number of pyridine rings is 2. The molecule has 0 atom stereocenters. The first-order valence-corrected chi connectivity index (χ1v) is 11.5. The zero-order valence-electron chi connectivity index (χ0n) is 18.9. The first-order chi connectivity index (χ1) is 15.7. The first-order valence-electron chi connectivity index (χ1n) is 11.5. The maximum Gasteiger partial charge on any atom is 0.259 e. The lowest BCUT2D eigenvalue weighted by Gasteiger charge is -2.17. The maximum atomic E-state index is 13.1. The molecule has 3 aromatic rings. The van der Waals surface area contributed by atoms with E-state index in [0.29, 0.717) is 23.7 Å². The van der Waals surface area contributed by atoms with Crippen molar-refractivity contribution in [3.05, 3.63) is 59.7 Å². The van der Waals surface area contributed by atoms with Crippen LogP contribution in [0.1, 0.15) is 48.3 Å². The molecule has 0 fully saturated rings. The first kappa shape index (κ1) is 22.0. The minimum Gasteiger partial charge on any atom is -0.492 e. The number of nitrogens with one attached hydrogen (secondary N) is 2. The number of nitrogens with zero attached hydrogens (tertiary/aromatic N) is 3. The Bertz CT molecular complexity index is 1040. The van der Waals surface area contributed by atoms with E-state index in [1.54, 1.807) is 24.7 Å². The zero-order chi connectivity index (χ0) is 22.3. The summed E-state index contributed by atoms with van der Waals surface area (Å²) in [5.41, 5.74) is 4.64. The van der Waals surface area contributed by atoms with Crippen LogP contribution in [0.5, 0.6) is 5.75 Å². The van der Waals surface area contributed by atoms with Gasteiger partial charge in [0.25, 0.3) is 5.91 Å². The number of aryl methyl sites for hydroxylation is 2. The van der Waals surface area contributed by atoms with Gasteiger partial charge < -0.3 is 19.9 Å². The highest BCUT2D eigenvalue weighted by atomic mass is 16.5. The van der Waals surface area contributed by atoms with Crippen molar-refractivity contribution in [3.8, 4) is 17.0 Å². The van der Waals surface area contributed by atoms with Crippen molar-refractivity contribution in [2.45, 2.75) is 39.5 Å². The van der Waals surface area contributed by atoms with E-state index in [2.05, 4.69) is 45.1 Å². The molecule has 32 heavy (non-hydrogen) atoms. The molecule has 0 saturated heterocycles. The van der Waals surface area contributed by atoms with Crippen molar-refractivity contribution < 1.29 is 9.53 Å². The van der Waals surface area contributed by atoms with E-state index in [1.807, 2.05) is 12.1 Å². The van der Waals surface area contributed by atoms with E-state index in [9.17, 15) is 4.79 Å². The molecule has 0 aliphatic heterocycles. The van der Waals surface area contributed by atoms with Crippen LogP contribution < -0.4 is 10.1 Å². The molecular weight excluding hydrogens is 402 g/mol. The maximum absolute atomic E-state index is 13.1. The second-order valence-corrected chi connectivity index (χ2v) is 7.98. The Morgan fingerprint density at radius 2 is 2.06 bits per heavy atom. The molecule has 0 spiro atoms. The molecule has 0 radical (unpaired) electrons. The van der Waals surface area contributed by atoms with Crippen molar-refractivity contribution in [1.82, 2.24) is 19.9 Å². The summed E-state index contributed by atoms with van der Waals surface area (Å²) in [5, 5.41) is 2.91. The molecule has 1 aliphatic rings. The molecule has 7 heteroatoms. The van der Waals surface area contributed by atoms with Gasteiger partial charge in [-0.25, -0.2) is 4.98 Å². The van der Waals surface area contributed by atoms with Crippen molar-refractivity contribution in [2.75, 3.05) is 31.6 Å². The number of ether oxygens (including phenoxy) is 1. The van der Waals surface area contributed by atoms with Gasteiger partial charge in [0, 0.05) is 30.2 Å². The molecule has 168 valence electrons. The van der Waals surface area contributed by atoms with Crippen molar-refractivity contribution in [3.63, 3.8) is 0 Å². The molecule has 0 unspecified atom stereocenters. The fourth-order valence-electron chi connectivity index (χ4n) is 4.18. The van der Waals surface area contributed by atoms with Gasteiger partial charge in [-0.1, -0.05) is 19.9 Å². The third-order valence-electron chi connectivity index (χ3n) is 5.97. The van der Waals surface area contributed by atoms with Crippen LogP contribution in [-0.4, -0.2) is 52.0 Å². The average Bonchev–Trinajstić information content (AvgIpc) is 3.16. The van der Waals surface area contributed by atoms with E-state index in [-0.39, 0.29) is 5.91 Å². The zero-order valence-corrected chi connectivity index (χ0v) is 18.9. The summed E-state index contributed by atoms with van der Waals surface area (Å²) in [7, 11) is 0. The Morgan fingerprint density at radius 1 is 1.19 bits per heavy atom. The highest BCUT2D eigenvalue weighted by Crippen LogP contribution is 2.33. The van der Waals surface area contributed by atoms with E-state index >= 15 is 0 Å². The molecule has 7 nitrogen and oxygen atoms in total. The molecule has 0 aromatic carbocycles. The summed E-state index contributed by atoms with van der Waals surface area (Å²) in [5.74, 6) is 1.01. The fourth-order valence-corrected chi connectivity index (χ4v) is 4.18. The summed E-state index contributed by atoms with van der Waals surface area (Å²) in [4.78, 5) is 27.6. The van der Waals surface area contributed by atoms with Crippen LogP contribution in [0, 0.1) is 0 Å². The number of carbonyl (C=O) groups excluding carboxylic acids is 1. The minimum atomic E-state index is -0.193. The summed E-state index contributed by atoms with van der Waals surface area (Å²) >= 11 is 0. The normalized spacial score (nSPS) is 12.7. The Labute approximate surface area is 189 Å². The van der Waals surface area contributed by atoms with Crippen LogP contribution >= 0.6 is 0 Å². The summed E-state index contributed by atoms with van der Waals surface area (Å²) in [6.45, 7) is 8.11. The SMILES string of the molecule is CCN(CC)CCCOc1ccc(NC(=O)c2c[nH]c3c2-c2ncccc2CCC3)nc1. The number of carbonyl (C=O) groups is 1. The molecule has 1 aliphatic carbocycles. The van der Waals surface area contributed by atoms with Gasteiger partial charge in [0.15, 0.2) is 0 Å². The van der Waals surface area contributed by atoms with Gasteiger partial charge in [-0.2, -0.15) is 0 Å². The molecule has 3 heterocycles. The van der Waals surface area contributed by atoms with Crippen LogP contribution in [-0.2, 0) is 12.8 Å². The summed E-state index contributed by atoms with van der Waals surface area (Å²) in [6, 6.07) is 7.66. The molecule has 3 aromatic heterocycles. The predicted molar refractivity (Wildman–Crippen MR) is 126 cm³/mol. The van der Waals surface area contributed by atoms with Crippen LogP contribution in [0.15, 0.2) is 42.9 Å². The number of amides is 1. The predicted octanol–water partition coefficient (Wildman–Crippen LogP) is 4.32. The van der Waals surface area contributed by atoms with Gasteiger partial charge in [-0.15, -0.1) is 0 Å². The van der Waals surface area contributed by atoms with E-state index in [0.717, 1.165) is 62.3 Å². The van der Waals surface area contributed by atoms with Crippen LogP contribution in [0.3, 0.4) is 0 Å². The summed E-state index contributed by atoms with van der Waals surface area (Å²) < 4.78 is 5.79. The van der Waals surface area contributed by atoms with Crippen LogP contribution in [0.4, 0.5) is 5.82 Å². The molecule has 0 bridgehead atoms. The number of H-pyrrole nitrogens is 1. The lowest BCUT2D eigenvalue weighted by atomic mass is 10.0. The van der Waals surface area contributed by atoms with Crippen molar-refractivity contribution >= 4 is 11.7 Å². The lowest BCUT2D eigenvalue weighted by molar-refractivity contribution is 0.102. The van der Waals surface area contributed by atoms with Crippen LogP contribution in [0.25, 0.3) is 11.3 Å². The van der Waals surface area contributed by atoms with E-state index < -0.39 is 0 Å². The number of rotatable bonds is 9.